The summed E-state index contributed by atoms with van der Waals surface area (Å²) in [6.07, 6.45) is 2.82. The number of aromatic nitrogens is 4. The van der Waals surface area contributed by atoms with Crippen molar-refractivity contribution in [3.05, 3.63) is 28.3 Å². The van der Waals surface area contributed by atoms with E-state index in [4.69, 9.17) is 11.6 Å². The van der Waals surface area contributed by atoms with Crippen molar-refractivity contribution in [2.45, 2.75) is 34.1 Å². The molecule has 102 valence electrons. The first-order chi connectivity index (χ1) is 9.02. The molecule has 0 fully saturated rings. The zero-order chi connectivity index (χ0) is 14.0. The maximum atomic E-state index is 6.05. The van der Waals surface area contributed by atoms with Crippen molar-refractivity contribution >= 4 is 17.4 Å². The molecule has 1 N–H and O–H groups in total. The second-order valence-electron chi connectivity index (χ2n) is 4.50. The summed E-state index contributed by atoms with van der Waals surface area (Å²) in [5.74, 6) is 2.33. The number of nitrogens with zero attached hydrogens (tertiary/aromatic N) is 4. The Morgan fingerprint density at radius 1 is 1.26 bits per heavy atom. The number of nitrogens with one attached hydrogen (secondary N) is 1. The molecule has 0 unspecified atom stereocenters. The van der Waals surface area contributed by atoms with E-state index in [1.807, 2.05) is 20.8 Å². The van der Waals surface area contributed by atoms with Gasteiger partial charge >= 0.3 is 0 Å². The van der Waals surface area contributed by atoms with Gasteiger partial charge in [0.15, 0.2) is 5.82 Å². The summed E-state index contributed by atoms with van der Waals surface area (Å²) in [5.41, 5.74) is 1.76. The predicted octanol–water partition coefficient (Wildman–Crippen LogP) is 3.06. The van der Waals surface area contributed by atoms with Gasteiger partial charge in [0, 0.05) is 12.1 Å². The number of aryl methyl sites for hydroxylation is 2. The van der Waals surface area contributed by atoms with Crippen molar-refractivity contribution < 1.29 is 0 Å². The minimum Gasteiger partial charge on any atom is -0.370 e. The summed E-state index contributed by atoms with van der Waals surface area (Å²) in [6, 6.07) is 0. The molecule has 2 aromatic heterocycles. The van der Waals surface area contributed by atoms with Crippen LogP contribution in [0.1, 0.15) is 30.4 Å². The first kappa shape index (κ1) is 13.8. The Kier molecular flexibility index (Phi) is 4.04. The zero-order valence-electron chi connectivity index (χ0n) is 11.7. The summed E-state index contributed by atoms with van der Waals surface area (Å²) < 4.78 is 1.71. The van der Waals surface area contributed by atoms with Crippen molar-refractivity contribution in [2.24, 2.45) is 0 Å². The molecule has 5 nitrogen and oxygen atoms in total. The first-order valence-electron chi connectivity index (χ1n) is 6.34. The molecule has 6 heteroatoms. The zero-order valence-corrected chi connectivity index (χ0v) is 12.4. The molecule has 0 atom stereocenters. The minimum absolute atomic E-state index is 0.638. The third-order valence-corrected chi connectivity index (χ3v) is 3.20. The van der Waals surface area contributed by atoms with Gasteiger partial charge in [-0.3, -0.25) is 0 Å². The fraction of sp³-hybridized carbons (Fsp3) is 0.462. The van der Waals surface area contributed by atoms with Gasteiger partial charge in [-0.05, 0) is 27.2 Å². The highest BCUT2D eigenvalue weighted by molar-refractivity contribution is 6.31. The summed E-state index contributed by atoms with van der Waals surface area (Å²) in [4.78, 5) is 8.89. The Bertz CT molecular complexity index is 571. The van der Waals surface area contributed by atoms with Gasteiger partial charge < -0.3 is 5.32 Å². The van der Waals surface area contributed by atoms with Gasteiger partial charge in [0.1, 0.15) is 11.6 Å². The lowest BCUT2D eigenvalue weighted by molar-refractivity contribution is 0.805. The Labute approximate surface area is 118 Å². The molecule has 0 bridgehead atoms. The van der Waals surface area contributed by atoms with E-state index >= 15 is 0 Å². The van der Waals surface area contributed by atoms with E-state index in [0.29, 0.717) is 10.8 Å². The quantitative estimate of drug-likeness (QED) is 0.934. The van der Waals surface area contributed by atoms with Crippen LogP contribution in [0.25, 0.3) is 5.82 Å². The number of halogens is 1. The van der Waals surface area contributed by atoms with Gasteiger partial charge in [0.05, 0.1) is 16.9 Å². The molecule has 0 saturated carbocycles. The Morgan fingerprint density at radius 3 is 2.58 bits per heavy atom. The van der Waals surface area contributed by atoms with E-state index in [-0.39, 0.29) is 0 Å². The van der Waals surface area contributed by atoms with E-state index in [1.165, 1.54) is 0 Å². The van der Waals surface area contributed by atoms with Gasteiger partial charge in [0.25, 0.3) is 0 Å². The van der Waals surface area contributed by atoms with Gasteiger partial charge in [0.2, 0.25) is 0 Å². The third-order valence-electron chi connectivity index (χ3n) is 2.83. The minimum atomic E-state index is 0.638. The maximum absolute atomic E-state index is 6.05. The number of hydrogen-bond acceptors (Lipinski definition) is 4. The lowest BCUT2D eigenvalue weighted by atomic mass is 10.3. The van der Waals surface area contributed by atoms with Crippen LogP contribution in [0.5, 0.6) is 0 Å². The average molecular weight is 280 g/mol. The summed E-state index contributed by atoms with van der Waals surface area (Å²) in [7, 11) is 0. The lowest BCUT2D eigenvalue weighted by Gasteiger charge is -2.12. The van der Waals surface area contributed by atoms with Gasteiger partial charge in [-0.15, -0.1) is 0 Å². The topological polar surface area (TPSA) is 55.6 Å². The molecule has 0 aliphatic carbocycles. The number of hydrogen-bond donors (Lipinski definition) is 1. The van der Waals surface area contributed by atoms with Crippen LogP contribution in [0.3, 0.4) is 0 Å². The van der Waals surface area contributed by atoms with Crippen LogP contribution in [-0.2, 0) is 0 Å². The molecule has 0 amide bonds. The lowest BCUT2D eigenvalue weighted by Crippen LogP contribution is -2.11. The van der Waals surface area contributed by atoms with Crippen LogP contribution < -0.4 is 5.32 Å². The Hall–Kier alpha value is -1.62. The van der Waals surface area contributed by atoms with Gasteiger partial charge in [-0.25, -0.2) is 14.6 Å². The van der Waals surface area contributed by atoms with Crippen molar-refractivity contribution in [1.82, 2.24) is 19.7 Å². The molecule has 2 rings (SSSR count). The smallest absolute Gasteiger partial charge is 0.162 e. The summed E-state index contributed by atoms with van der Waals surface area (Å²) in [6.45, 7) is 8.73. The highest BCUT2D eigenvalue weighted by Crippen LogP contribution is 2.21. The molecular formula is C13H18ClN5. The molecule has 0 aliphatic rings. The molecule has 2 aromatic rings. The van der Waals surface area contributed by atoms with Crippen LogP contribution in [0.15, 0.2) is 6.20 Å². The molecule has 19 heavy (non-hydrogen) atoms. The van der Waals surface area contributed by atoms with Crippen LogP contribution in [0.4, 0.5) is 5.82 Å². The largest absolute Gasteiger partial charge is 0.370 e. The van der Waals surface area contributed by atoms with E-state index in [1.54, 1.807) is 10.9 Å². The number of anilines is 1. The standard InChI is InChI=1S/C13H18ClN5/c1-5-6-15-12-8(2)13(17-10(4)16-12)19-7-11(14)9(3)18-19/h7H,5-6H2,1-4H3,(H,15,16,17). The van der Waals surface area contributed by atoms with E-state index in [0.717, 1.165) is 35.9 Å². The average Bonchev–Trinajstić information content (AvgIpc) is 2.70. The maximum Gasteiger partial charge on any atom is 0.162 e. The second kappa shape index (κ2) is 5.57. The SMILES string of the molecule is CCCNc1nc(C)nc(-n2cc(Cl)c(C)n2)c1C. The second-order valence-corrected chi connectivity index (χ2v) is 4.91. The van der Waals surface area contributed by atoms with Gasteiger partial charge in [-0.1, -0.05) is 18.5 Å². The van der Waals surface area contributed by atoms with Gasteiger partial charge in [-0.2, -0.15) is 5.10 Å². The summed E-state index contributed by atoms with van der Waals surface area (Å²) in [5, 5.41) is 8.32. The molecule has 0 spiro atoms. The van der Waals surface area contributed by atoms with Crippen molar-refractivity contribution in [2.75, 3.05) is 11.9 Å². The first-order valence-corrected chi connectivity index (χ1v) is 6.72. The van der Waals surface area contributed by atoms with E-state index in [2.05, 4.69) is 27.3 Å². The van der Waals surface area contributed by atoms with Crippen molar-refractivity contribution in [3.63, 3.8) is 0 Å². The highest BCUT2D eigenvalue weighted by Gasteiger charge is 2.13. The van der Waals surface area contributed by atoms with Crippen LogP contribution in [0, 0.1) is 20.8 Å². The van der Waals surface area contributed by atoms with E-state index < -0.39 is 0 Å². The molecular weight excluding hydrogens is 262 g/mol. The highest BCUT2D eigenvalue weighted by atomic mass is 35.5. The Morgan fingerprint density at radius 2 is 2.00 bits per heavy atom. The normalized spacial score (nSPS) is 10.8. The van der Waals surface area contributed by atoms with Crippen LogP contribution in [0.2, 0.25) is 5.02 Å². The monoisotopic (exact) mass is 279 g/mol. The predicted molar refractivity (Wildman–Crippen MR) is 77.2 cm³/mol. The van der Waals surface area contributed by atoms with E-state index in [9.17, 15) is 0 Å². The fourth-order valence-electron chi connectivity index (χ4n) is 1.80. The molecule has 0 aliphatic heterocycles. The fourth-order valence-corrected chi connectivity index (χ4v) is 1.93. The molecule has 0 aromatic carbocycles. The van der Waals surface area contributed by atoms with Crippen molar-refractivity contribution in [1.29, 1.82) is 0 Å². The third kappa shape index (κ3) is 2.87. The molecule has 0 saturated heterocycles. The van der Waals surface area contributed by atoms with Crippen LogP contribution >= 0.6 is 11.6 Å². The molecule has 0 radical (unpaired) electrons. The van der Waals surface area contributed by atoms with Crippen LogP contribution in [-0.4, -0.2) is 26.3 Å². The van der Waals surface area contributed by atoms with Crippen molar-refractivity contribution in [3.8, 4) is 5.82 Å². The number of rotatable bonds is 4. The summed E-state index contributed by atoms with van der Waals surface area (Å²) >= 11 is 6.05. The Balaban J connectivity index is 2.47. The molecule has 2 heterocycles.